The number of hydrogen-bond acceptors (Lipinski definition) is 4. The van der Waals surface area contributed by atoms with Gasteiger partial charge in [0, 0.05) is 19.2 Å². The topological polar surface area (TPSA) is 66.0 Å². The van der Waals surface area contributed by atoms with Crippen molar-refractivity contribution in [1.29, 1.82) is 0 Å². The number of nitrogens with two attached hydrogens (primary N) is 1. The van der Waals surface area contributed by atoms with E-state index in [0.29, 0.717) is 13.2 Å². The predicted molar refractivity (Wildman–Crippen MR) is 81.6 cm³/mol. The molecule has 2 aromatic heterocycles. The number of aromatic nitrogens is 3. The van der Waals surface area contributed by atoms with Crippen molar-refractivity contribution in [2.75, 3.05) is 6.54 Å². The Labute approximate surface area is 127 Å². The fourth-order valence-electron chi connectivity index (χ4n) is 1.92. The maximum Gasteiger partial charge on any atom is 0.138 e. The van der Waals surface area contributed by atoms with Crippen molar-refractivity contribution in [3.8, 4) is 5.75 Å². The highest BCUT2D eigenvalue weighted by molar-refractivity contribution is 9.10. The van der Waals surface area contributed by atoms with Gasteiger partial charge >= 0.3 is 0 Å². The highest BCUT2D eigenvalue weighted by Gasteiger charge is 2.12. The molecule has 20 heavy (non-hydrogen) atoms. The summed E-state index contributed by atoms with van der Waals surface area (Å²) >= 11 is 3.58. The third-order valence-electron chi connectivity index (χ3n) is 3.08. The maximum atomic E-state index is 5.76. The van der Waals surface area contributed by atoms with Gasteiger partial charge in [-0.25, -0.2) is 0 Å². The van der Waals surface area contributed by atoms with Crippen LogP contribution < -0.4 is 10.5 Å². The molecule has 2 aromatic rings. The molecule has 0 bridgehead atoms. The highest BCUT2D eigenvalue weighted by Crippen LogP contribution is 2.23. The molecule has 0 spiro atoms. The largest absolute Gasteiger partial charge is 0.486 e. The molecule has 108 valence electrons. The van der Waals surface area contributed by atoms with Crippen molar-refractivity contribution in [2.45, 2.75) is 26.4 Å². The van der Waals surface area contributed by atoms with Crippen LogP contribution >= 0.6 is 15.9 Å². The smallest absolute Gasteiger partial charge is 0.138 e. The Bertz CT molecular complexity index is 565. The van der Waals surface area contributed by atoms with E-state index in [9.17, 15) is 0 Å². The third-order valence-corrected chi connectivity index (χ3v) is 3.99. The summed E-state index contributed by atoms with van der Waals surface area (Å²) in [7, 11) is 1.92. The molecular formula is C14H19BrN4O. The van der Waals surface area contributed by atoms with Gasteiger partial charge in [0.05, 0.1) is 22.1 Å². The molecule has 0 aliphatic carbocycles. The summed E-state index contributed by atoms with van der Waals surface area (Å²) in [6, 6.07) is 3.86. The molecule has 0 fully saturated rings. The first-order valence-electron chi connectivity index (χ1n) is 6.63. The van der Waals surface area contributed by atoms with Crippen molar-refractivity contribution in [3.63, 3.8) is 0 Å². The summed E-state index contributed by atoms with van der Waals surface area (Å²) in [6.07, 6.45) is 3.41. The molecular weight excluding hydrogens is 320 g/mol. The van der Waals surface area contributed by atoms with Gasteiger partial charge in [-0.3, -0.25) is 9.67 Å². The molecule has 0 aliphatic rings. The molecule has 0 aliphatic heterocycles. The molecule has 0 saturated carbocycles. The van der Waals surface area contributed by atoms with Crippen molar-refractivity contribution in [3.05, 3.63) is 39.9 Å². The van der Waals surface area contributed by atoms with E-state index in [1.54, 1.807) is 6.20 Å². The van der Waals surface area contributed by atoms with Crippen LogP contribution in [-0.4, -0.2) is 21.3 Å². The van der Waals surface area contributed by atoms with Gasteiger partial charge in [-0.1, -0.05) is 6.92 Å². The number of halogens is 1. The summed E-state index contributed by atoms with van der Waals surface area (Å²) in [4.78, 5) is 4.31. The number of pyridine rings is 1. The second-order valence-electron chi connectivity index (χ2n) is 4.50. The number of ether oxygens (including phenoxy) is 1. The summed E-state index contributed by atoms with van der Waals surface area (Å²) in [5.41, 5.74) is 8.54. The van der Waals surface area contributed by atoms with Gasteiger partial charge in [0.15, 0.2) is 0 Å². The molecule has 0 aromatic carbocycles. The Morgan fingerprint density at radius 1 is 1.40 bits per heavy atom. The van der Waals surface area contributed by atoms with E-state index in [4.69, 9.17) is 10.5 Å². The number of nitrogens with zero attached hydrogens (tertiary/aromatic N) is 3. The lowest BCUT2D eigenvalue weighted by molar-refractivity contribution is 0.293. The molecule has 6 heteroatoms. The van der Waals surface area contributed by atoms with Crippen LogP contribution in [-0.2, 0) is 26.5 Å². The summed E-state index contributed by atoms with van der Waals surface area (Å²) in [6.45, 7) is 3.15. The van der Waals surface area contributed by atoms with Gasteiger partial charge in [0.2, 0.25) is 0 Å². The summed E-state index contributed by atoms with van der Waals surface area (Å²) in [5, 5.41) is 4.44. The second-order valence-corrected chi connectivity index (χ2v) is 5.29. The van der Waals surface area contributed by atoms with E-state index in [0.717, 1.165) is 40.1 Å². The Morgan fingerprint density at radius 2 is 2.20 bits per heavy atom. The highest BCUT2D eigenvalue weighted by atomic mass is 79.9. The first kappa shape index (κ1) is 15.0. The SMILES string of the molecule is CCc1nn(C)c(COc2ccc(CCN)nc2)c1Br. The van der Waals surface area contributed by atoms with Crippen molar-refractivity contribution >= 4 is 15.9 Å². The molecule has 2 N–H and O–H groups in total. The zero-order chi connectivity index (χ0) is 14.5. The number of hydrogen-bond donors (Lipinski definition) is 1. The van der Waals surface area contributed by atoms with Gasteiger partial charge in [-0.15, -0.1) is 0 Å². The van der Waals surface area contributed by atoms with Crippen LogP contribution in [0.25, 0.3) is 0 Å². The van der Waals surface area contributed by atoms with E-state index >= 15 is 0 Å². The molecule has 2 heterocycles. The zero-order valence-electron chi connectivity index (χ0n) is 11.8. The van der Waals surface area contributed by atoms with Gasteiger partial charge in [-0.05, 0) is 41.0 Å². The Kier molecular flexibility index (Phi) is 5.14. The first-order chi connectivity index (χ1) is 9.65. The van der Waals surface area contributed by atoms with E-state index in [2.05, 4.69) is 32.9 Å². The van der Waals surface area contributed by atoms with Crippen molar-refractivity contribution in [2.24, 2.45) is 12.8 Å². The van der Waals surface area contributed by atoms with Crippen LogP contribution in [0, 0.1) is 0 Å². The average Bonchev–Trinajstić information content (AvgIpc) is 2.73. The average molecular weight is 339 g/mol. The second kappa shape index (κ2) is 6.85. The fraction of sp³-hybridized carbons (Fsp3) is 0.429. The zero-order valence-corrected chi connectivity index (χ0v) is 13.4. The first-order valence-corrected chi connectivity index (χ1v) is 7.43. The number of rotatable bonds is 6. The van der Waals surface area contributed by atoms with Crippen LogP contribution in [0.15, 0.2) is 22.8 Å². The van der Waals surface area contributed by atoms with E-state index in [-0.39, 0.29) is 0 Å². The number of aryl methyl sites for hydroxylation is 2. The van der Waals surface area contributed by atoms with E-state index in [1.807, 2.05) is 23.9 Å². The summed E-state index contributed by atoms with van der Waals surface area (Å²) in [5.74, 6) is 0.747. The molecule has 0 saturated heterocycles. The van der Waals surface area contributed by atoms with E-state index in [1.165, 1.54) is 0 Å². The minimum absolute atomic E-state index is 0.460. The quantitative estimate of drug-likeness (QED) is 0.876. The maximum absolute atomic E-state index is 5.76. The lowest BCUT2D eigenvalue weighted by atomic mass is 10.3. The minimum Gasteiger partial charge on any atom is -0.486 e. The summed E-state index contributed by atoms with van der Waals surface area (Å²) < 4.78 is 8.63. The Balaban J connectivity index is 2.03. The minimum atomic E-state index is 0.460. The fourth-order valence-corrected chi connectivity index (χ4v) is 2.65. The Hall–Kier alpha value is -1.40. The Morgan fingerprint density at radius 3 is 2.75 bits per heavy atom. The van der Waals surface area contributed by atoms with Gasteiger partial charge in [-0.2, -0.15) is 5.10 Å². The van der Waals surface area contributed by atoms with Crippen LogP contribution in [0.1, 0.15) is 24.0 Å². The monoisotopic (exact) mass is 338 g/mol. The molecule has 2 rings (SSSR count). The molecule has 0 atom stereocenters. The third kappa shape index (κ3) is 3.37. The lowest BCUT2D eigenvalue weighted by Crippen LogP contribution is -2.05. The van der Waals surface area contributed by atoms with Gasteiger partial charge < -0.3 is 10.5 Å². The molecule has 0 amide bonds. The predicted octanol–water partition coefficient (Wildman–Crippen LogP) is 2.22. The van der Waals surface area contributed by atoms with Gasteiger partial charge in [0.25, 0.3) is 0 Å². The molecule has 0 radical (unpaired) electrons. The molecule has 0 unspecified atom stereocenters. The van der Waals surface area contributed by atoms with Crippen LogP contribution in [0.2, 0.25) is 0 Å². The lowest BCUT2D eigenvalue weighted by Gasteiger charge is -2.07. The van der Waals surface area contributed by atoms with E-state index < -0.39 is 0 Å². The normalized spacial score (nSPS) is 10.8. The molecule has 5 nitrogen and oxygen atoms in total. The standard InChI is InChI=1S/C14H19BrN4O/c1-3-12-14(15)13(19(2)18-12)9-20-11-5-4-10(6-7-16)17-8-11/h4-5,8H,3,6-7,9,16H2,1-2H3. The van der Waals surface area contributed by atoms with Crippen molar-refractivity contribution < 1.29 is 4.74 Å². The van der Waals surface area contributed by atoms with Crippen LogP contribution in [0.3, 0.4) is 0 Å². The van der Waals surface area contributed by atoms with Crippen LogP contribution in [0.4, 0.5) is 0 Å². The van der Waals surface area contributed by atoms with Crippen LogP contribution in [0.5, 0.6) is 5.75 Å². The van der Waals surface area contributed by atoms with Crippen molar-refractivity contribution in [1.82, 2.24) is 14.8 Å². The van der Waals surface area contributed by atoms with Gasteiger partial charge in [0.1, 0.15) is 12.4 Å².